The summed E-state index contributed by atoms with van der Waals surface area (Å²) in [7, 11) is 0. The lowest BCUT2D eigenvalue weighted by molar-refractivity contribution is -0.137. The van der Waals surface area contributed by atoms with E-state index in [9.17, 15) is 19.5 Å². The number of nitrogens with zero attached hydrogens (tertiary/aromatic N) is 1. The third-order valence-electron chi connectivity index (χ3n) is 4.15. The van der Waals surface area contributed by atoms with E-state index in [0.717, 1.165) is 10.9 Å². The Kier molecular flexibility index (Phi) is 5.80. The molecule has 25 heavy (non-hydrogen) atoms. The molecule has 134 valence electrons. The average molecular weight is 346 g/mol. The van der Waals surface area contributed by atoms with Crippen molar-refractivity contribution < 1.29 is 24.6 Å². The monoisotopic (exact) mass is 346 g/mol. The number of nitrogens with one attached hydrogen (secondary N) is 1. The van der Waals surface area contributed by atoms with Crippen LogP contribution in [0.5, 0.6) is 0 Å². The summed E-state index contributed by atoms with van der Waals surface area (Å²) >= 11 is 0. The molecule has 2 atom stereocenters. The van der Waals surface area contributed by atoms with E-state index >= 15 is 0 Å². The minimum Gasteiger partial charge on any atom is -0.481 e. The number of carboxylic acid groups (broad SMARTS) is 2. The SMILES string of the molecule is CC(CCC(=O)O)C(=O)N[C@H](C)Cc1cn(C(=O)O)c2ccccc12. The first-order valence-electron chi connectivity index (χ1n) is 8.14. The van der Waals surface area contributed by atoms with Crippen molar-refractivity contribution in [1.29, 1.82) is 0 Å². The average Bonchev–Trinajstić information content (AvgIpc) is 2.91. The number of amides is 1. The number of aliphatic carboxylic acids is 1. The quantitative estimate of drug-likeness (QED) is 0.714. The van der Waals surface area contributed by atoms with E-state index in [2.05, 4.69) is 5.32 Å². The lowest BCUT2D eigenvalue weighted by atomic mass is 10.0. The zero-order chi connectivity index (χ0) is 18.6. The van der Waals surface area contributed by atoms with E-state index < -0.39 is 12.1 Å². The van der Waals surface area contributed by atoms with Gasteiger partial charge >= 0.3 is 12.1 Å². The molecule has 1 aromatic heterocycles. The summed E-state index contributed by atoms with van der Waals surface area (Å²) in [5, 5.41) is 21.7. The minimum absolute atomic E-state index is 0.0466. The molecule has 0 aliphatic heterocycles. The van der Waals surface area contributed by atoms with Gasteiger partial charge in [-0.05, 0) is 31.4 Å². The standard InChI is InChI=1S/C18H22N2O5/c1-11(7-8-16(21)22)17(23)19-12(2)9-13-10-20(18(24)25)15-6-4-3-5-14(13)15/h3-6,10-12H,7-9H2,1-2H3,(H,19,23)(H,21,22)(H,24,25)/t11?,12-/m1/s1. The number of rotatable bonds is 7. The number of carbonyl (C=O) groups is 3. The Balaban J connectivity index is 2.07. The maximum Gasteiger partial charge on any atom is 0.416 e. The van der Waals surface area contributed by atoms with E-state index in [1.165, 1.54) is 4.57 Å². The number of hydrogen-bond donors (Lipinski definition) is 3. The van der Waals surface area contributed by atoms with Gasteiger partial charge in [0.25, 0.3) is 0 Å². The number of aromatic nitrogens is 1. The smallest absolute Gasteiger partial charge is 0.416 e. The highest BCUT2D eigenvalue weighted by Gasteiger charge is 2.19. The molecule has 0 spiro atoms. The van der Waals surface area contributed by atoms with Crippen LogP contribution in [0, 0.1) is 5.92 Å². The maximum absolute atomic E-state index is 12.1. The first-order chi connectivity index (χ1) is 11.8. The summed E-state index contributed by atoms with van der Waals surface area (Å²) in [5.74, 6) is -1.51. The Morgan fingerprint density at radius 3 is 2.48 bits per heavy atom. The molecule has 2 rings (SSSR count). The van der Waals surface area contributed by atoms with Crippen molar-refractivity contribution in [3.05, 3.63) is 36.0 Å². The van der Waals surface area contributed by atoms with E-state index in [-0.39, 0.29) is 30.7 Å². The second-order valence-corrected chi connectivity index (χ2v) is 6.27. The highest BCUT2D eigenvalue weighted by Crippen LogP contribution is 2.22. The van der Waals surface area contributed by atoms with Gasteiger partial charge in [-0.1, -0.05) is 25.1 Å². The molecule has 0 bridgehead atoms. The van der Waals surface area contributed by atoms with Gasteiger partial charge in [0, 0.05) is 30.0 Å². The number of benzene rings is 1. The molecule has 3 N–H and O–H groups in total. The second kappa shape index (κ2) is 7.83. The van der Waals surface area contributed by atoms with Crippen LogP contribution in [0.15, 0.2) is 30.5 Å². The third-order valence-corrected chi connectivity index (χ3v) is 4.15. The van der Waals surface area contributed by atoms with Crippen LogP contribution >= 0.6 is 0 Å². The summed E-state index contributed by atoms with van der Waals surface area (Å²) in [6.45, 7) is 3.54. The van der Waals surface area contributed by atoms with Gasteiger partial charge in [0.2, 0.25) is 5.91 Å². The van der Waals surface area contributed by atoms with Crippen LogP contribution in [0.1, 0.15) is 32.3 Å². The summed E-state index contributed by atoms with van der Waals surface area (Å²) in [5.41, 5.74) is 1.45. The number of hydrogen-bond acceptors (Lipinski definition) is 3. The fourth-order valence-electron chi connectivity index (χ4n) is 2.81. The van der Waals surface area contributed by atoms with Crippen molar-refractivity contribution in [2.45, 2.75) is 39.2 Å². The topological polar surface area (TPSA) is 109 Å². The molecule has 1 amide bonds. The van der Waals surface area contributed by atoms with Crippen molar-refractivity contribution in [3.63, 3.8) is 0 Å². The third kappa shape index (κ3) is 4.59. The lowest BCUT2D eigenvalue weighted by Crippen LogP contribution is -2.37. The number of para-hydroxylation sites is 1. The highest BCUT2D eigenvalue weighted by molar-refractivity contribution is 5.91. The van der Waals surface area contributed by atoms with E-state index in [1.54, 1.807) is 25.3 Å². The Labute approximate surface area is 145 Å². The van der Waals surface area contributed by atoms with Crippen LogP contribution < -0.4 is 5.32 Å². The van der Waals surface area contributed by atoms with E-state index in [4.69, 9.17) is 5.11 Å². The number of carbonyl (C=O) groups excluding carboxylic acids is 1. The zero-order valence-electron chi connectivity index (χ0n) is 14.2. The van der Waals surface area contributed by atoms with Crippen molar-refractivity contribution in [2.75, 3.05) is 0 Å². The second-order valence-electron chi connectivity index (χ2n) is 6.27. The fraction of sp³-hybridized carbons (Fsp3) is 0.389. The normalized spacial score (nSPS) is 13.4. The van der Waals surface area contributed by atoms with Crippen LogP contribution in [-0.2, 0) is 16.0 Å². The predicted molar refractivity (Wildman–Crippen MR) is 92.7 cm³/mol. The van der Waals surface area contributed by atoms with Gasteiger partial charge in [0.05, 0.1) is 5.52 Å². The molecular formula is C18H22N2O5. The Hall–Kier alpha value is -2.83. The van der Waals surface area contributed by atoms with Gasteiger partial charge in [0.1, 0.15) is 0 Å². The van der Waals surface area contributed by atoms with E-state index in [1.807, 2.05) is 19.1 Å². The molecule has 0 radical (unpaired) electrons. The van der Waals surface area contributed by atoms with Crippen LogP contribution in [0.25, 0.3) is 10.9 Å². The molecule has 0 saturated carbocycles. The molecule has 1 heterocycles. The minimum atomic E-state index is -1.05. The van der Waals surface area contributed by atoms with Crippen molar-refractivity contribution in [3.8, 4) is 0 Å². The first-order valence-corrected chi connectivity index (χ1v) is 8.14. The summed E-state index contributed by atoms with van der Waals surface area (Å²) in [4.78, 5) is 34.1. The van der Waals surface area contributed by atoms with Gasteiger partial charge in [-0.15, -0.1) is 0 Å². The number of carboxylic acids is 1. The van der Waals surface area contributed by atoms with Crippen LogP contribution in [-0.4, -0.2) is 38.8 Å². The van der Waals surface area contributed by atoms with Gasteiger partial charge in [-0.3, -0.25) is 14.2 Å². The Bertz CT molecular complexity index is 796. The van der Waals surface area contributed by atoms with Gasteiger partial charge < -0.3 is 15.5 Å². The summed E-state index contributed by atoms with van der Waals surface area (Å²) < 4.78 is 1.18. The van der Waals surface area contributed by atoms with Crippen LogP contribution in [0.3, 0.4) is 0 Å². The first kappa shape index (κ1) is 18.5. The molecule has 1 aromatic carbocycles. The van der Waals surface area contributed by atoms with Crippen LogP contribution in [0.2, 0.25) is 0 Å². The fourth-order valence-corrected chi connectivity index (χ4v) is 2.81. The summed E-state index contributed by atoms with van der Waals surface area (Å²) in [6.07, 6.45) is 1.24. The molecule has 1 unspecified atom stereocenters. The molecule has 2 aromatic rings. The molecular weight excluding hydrogens is 324 g/mol. The van der Waals surface area contributed by atoms with Gasteiger partial charge in [0.15, 0.2) is 0 Å². The molecule has 0 aliphatic carbocycles. The molecule has 0 saturated heterocycles. The zero-order valence-corrected chi connectivity index (χ0v) is 14.2. The molecule has 0 aliphatic rings. The lowest BCUT2D eigenvalue weighted by Gasteiger charge is -2.17. The van der Waals surface area contributed by atoms with Crippen LogP contribution in [0.4, 0.5) is 4.79 Å². The Morgan fingerprint density at radius 1 is 1.16 bits per heavy atom. The van der Waals surface area contributed by atoms with E-state index in [0.29, 0.717) is 11.9 Å². The highest BCUT2D eigenvalue weighted by atomic mass is 16.4. The van der Waals surface area contributed by atoms with Crippen molar-refractivity contribution in [2.24, 2.45) is 5.92 Å². The summed E-state index contributed by atoms with van der Waals surface area (Å²) in [6, 6.07) is 7.02. The molecule has 0 fully saturated rings. The maximum atomic E-state index is 12.1. The molecule has 7 heteroatoms. The van der Waals surface area contributed by atoms with Gasteiger partial charge in [-0.2, -0.15) is 0 Å². The Morgan fingerprint density at radius 2 is 1.84 bits per heavy atom. The largest absolute Gasteiger partial charge is 0.481 e. The van der Waals surface area contributed by atoms with Crippen molar-refractivity contribution >= 4 is 28.9 Å². The van der Waals surface area contributed by atoms with Gasteiger partial charge in [-0.25, -0.2) is 4.79 Å². The molecule has 7 nitrogen and oxygen atoms in total. The number of fused-ring (bicyclic) bond motifs is 1. The van der Waals surface area contributed by atoms with Crippen molar-refractivity contribution in [1.82, 2.24) is 9.88 Å². The predicted octanol–water partition coefficient (Wildman–Crippen LogP) is 2.72.